The zero-order valence-electron chi connectivity index (χ0n) is 32.6. The third kappa shape index (κ3) is 7.09. The number of rotatable bonds is 11. The summed E-state index contributed by atoms with van der Waals surface area (Å²) in [5, 5.41) is 25.9. The van der Waals surface area contributed by atoms with Crippen LogP contribution in [0.4, 0.5) is 0 Å². The third-order valence-electron chi connectivity index (χ3n) is 12.6. The number of fused-ring (bicyclic) bond motifs is 3. The van der Waals surface area contributed by atoms with Crippen molar-refractivity contribution in [1.29, 1.82) is 0 Å². The molecule has 0 spiro atoms. The molecule has 2 bridgehead atoms. The number of carbonyl (C=O) groups excluding carboxylic acids is 2. The summed E-state index contributed by atoms with van der Waals surface area (Å²) in [6.45, 7) is 12.7. The first-order valence-corrected chi connectivity index (χ1v) is 19.4. The van der Waals surface area contributed by atoms with Gasteiger partial charge in [-0.1, -0.05) is 69.3 Å². The Morgan fingerprint density at radius 3 is 2.52 bits per heavy atom. The number of aliphatic hydroxyl groups excluding tert-OH is 2. The molecule has 0 unspecified atom stereocenters. The van der Waals surface area contributed by atoms with Gasteiger partial charge in [0, 0.05) is 35.7 Å². The molecule has 3 aromatic carbocycles. The second-order valence-electron chi connectivity index (χ2n) is 17.0. The van der Waals surface area contributed by atoms with Crippen molar-refractivity contribution >= 4 is 17.5 Å². The van der Waals surface area contributed by atoms with Gasteiger partial charge in [0.05, 0.1) is 31.9 Å². The van der Waals surface area contributed by atoms with Crippen LogP contribution in [-0.2, 0) is 29.0 Å². The average molecular weight is 738 g/mol. The van der Waals surface area contributed by atoms with E-state index in [0.29, 0.717) is 48.3 Å². The number of benzene rings is 3. The number of hydrogen-bond acceptors (Lipinski definition) is 8. The number of amides is 2. The fourth-order valence-corrected chi connectivity index (χ4v) is 9.58. The van der Waals surface area contributed by atoms with Gasteiger partial charge in [-0.05, 0) is 92.0 Å². The monoisotopic (exact) mass is 737 g/mol. The smallest absolute Gasteiger partial charge is 0.265 e. The fourth-order valence-electron chi connectivity index (χ4n) is 9.58. The van der Waals surface area contributed by atoms with Gasteiger partial charge in [-0.2, -0.15) is 5.06 Å². The van der Waals surface area contributed by atoms with Gasteiger partial charge in [0.1, 0.15) is 29.2 Å². The third-order valence-corrected chi connectivity index (χ3v) is 12.6. The van der Waals surface area contributed by atoms with E-state index in [1.165, 1.54) is 0 Å². The second-order valence-corrected chi connectivity index (χ2v) is 17.0. The first-order valence-electron chi connectivity index (χ1n) is 19.4. The second kappa shape index (κ2) is 14.9. The molecule has 2 heterocycles. The molecule has 2 aliphatic heterocycles. The van der Waals surface area contributed by atoms with Crippen molar-refractivity contribution in [2.24, 2.45) is 34.1 Å². The minimum absolute atomic E-state index is 0.139. The summed E-state index contributed by atoms with van der Waals surface area (Å²) in [4.78, 5) is 39.0. The molecule has 3 aliphatic carbocycles. The van der Waals surface area contributed by atoms with E-state index >= 15 is 0 Å². The highest BCUT2D eigenvalue weighted by Crippen LogP contribution is 2.60. The van der Waals surface area contributed by atoms with Crippen molar-refractivity contribution in [2.45, 2.75) is 97.6 Å². The standard InChI is InChI=1S/C44H55N3O7/c1-25-34-20-31(44(34,5)6)21-35(25)46-42(51)38-37(26(2)49)36(24-48)54-47(38)23-28-14-11-15-32(39(28)52-7)29-18-30-22-43(3,4)53-40(30)33(19-29)41(50)45-17-16-27-12-9-8-10-13-27/h8-15,18-19,25-26,31,34,36-38,48-49H,16-17,20-24H2,1-7H3,(H,45,50)/t25-,26-,31+,34-,36-,37-,38-/m0/s1. The van der Waals surface area contributed by atoms with Crippen LogP contribution < -0.4 is 14.8 Å². The van der Waals surface area contributed by atoms with Gasteiger partial charge >= 0.3 is 0 Å². The summed E-state index contributed by atoms with van der Waals surface area (Å²) in [7, 11) is 1.60. The molecule has 3 N–H and O–H groups in total. The van der Waals surface area contributed by atoms with Gasteiger partial charge in [-0.25, -0.2) is 4.99 Å². The number of nitrogens with zero attached hydrogens (tertiary/aromatic N) is 2. The lowest BCUT2D eigenvalue weighted by molar-refractivity contribution is -0.181. The lowest BCUT2D eigenvalue weighted by Crippen LogP contribution is -2.55. The first-order chi connectivity index (χ1) is 25.7. The van der Waals surface area contributed by atoms with Crippen molar-refractivity contribution in [3.8, 4) is 22.6 Å². The molecule has 10 heteroatoms. The minimum atomic E-state index is -0.930. The normalized spacial score (nSPS) is 27.8. The average Bonchev–Trinajstić information content (AvgIpc) is 3.67. The molecular weight excluding hydrogens is 682 g/mol. The maximum atomic E-state index is 14.2. The molecule has 4 fully saturated rings. The minimum Gasteiger partial charge on any atom is -0.496 e. The molecule has 3 saturated carbocycles. The van der Waals surface area contributed by atoms with Gasteiger partial charge in [-0.15, -0.1) is 0 Å². The van der Waals surface area contributed by atoms with E-state index in [1.807, 2.05) is 68.4 Å². The van der Waals surface area contributed by atoms with Crippen molar-refractivity contribution < 1.29 is 34.1 Å². The number of aliphatic hydroxyl groups is 2. The summed E-state index contributed by atoms with van der Waals surface area (Å²) in [5.41, 5.74) is 5.54. The molecule has 2 amide bonds. The molecule has 288 valence electrons. The van der Waals surface area contributed by atoms with Crippen LogP contribution in [0.5, 0.6) is 11.5 Å². The fraction of sp³-hybridized carbons (Fsp3) is 0.523. The van der Waals surface area contributed by atoms with Crippen molar-refractivity contribution in [2.75, 3.05) is 20.3 Å². The van der Waals surface area contributed by atoms with Gasteiger partial charge in [0.25, 0.3) is 11.8 Å². The largest absolute Gasteiger partial charge is 0.496 e. The first kappa shape index (κ1) is 38.2. The van der Waals surface area contributed by atoms with Crippen LogP contribution in [0.15, 0.2) is 65.7 Å². The number of para-hydroxylation sites is 1. The van der Waals surface area contributed by atoms with E-state index in [-0.39, 0.29) is 36.3 Å². The van der Waals surface area contributed by atoms with E-state index < -0.39 is 29.8 Å². The SMILES string of the molecule is COc1c(CN2O[C@@H](CO)[C@H]([C@H](C)O)[C@H]2C(=O)N=C2C[C@H]3C[C@@H]([C@@H]2C)C3(C)C)cccc1-c1cc2c(c(C(=O)NCCc3ccccc3)c1)OC(C)(C)C2. The number of methoxy groups -OCH3 is 1. The Hall–Kier alpha value is -4.09. The molecule has 1 saturated heterocycles. The maximum Gasteiger partial charge on any atom is 0.265 e. The van der Waals surface area contributed by atoms with Crippen LogP contribution in [0.25, 0.3) is 11.1 Å². The van der Waals surface area contributed by atoms with E-state index in [9.17, 15) is 19.8 Å². The highest BCUT2D eigenvalue weighted by atomic mass is 16.7. The van der Waals surface area contributed by atoms with E-state index in [1.54, 1.807) is 19.1 Å². The van der Waals surface area contributed by atoms with Gasteiger partial charge in [-0.3, -0.25) is 14.4 Å². The Balaban J connectivity index is 1.19. The quantitative estimate of drug-likeness (QED) is 0.213. The lowest BCUT2D eigenvalue weighted by atomic mass is 9.45. The van der Waals surface area contributed by atoms with E-state index in [0.717, 1.165) is 46.4 Å². The molecular formula is C44H55N3O7. The lowest BCUT2D eigenvalue weighted by Gasteiger charge is -2.59. The Bertz CT molecular complexity index is 1920. The molecule has 8 rings (SSSR count). The molecule has 10 nitrogen and oxygen atoms in total. The molecule has 3 aromatic rings. The number of hydroxylamine groups is 2. The zero-order chi connectivity index (χ0) is 38.5. The molecule has 7 atom stereocenters. The number of ether oxygens (including phenoxy) is 2. The van der Waals surface area contributed by atoms with Gasteiger partial charge in [0.15, 0.2) is 0 Å². The number of nitrogens with one attached hydrogen (secondary N) is 1. The zero-order valence-corrected chi connectivity index (χ0v) is 32.6. The summed E-state index contributed by atoms with van der Waals surface area (Å²) in [6, 6.07) is 18.8. The van der Waals surface area contributed by atoms with Crippen molar-refractivity contribution in [3.05, 3.63) is 82.9 Å². The predicted octanol–water partition coefficient (Wildman–Crippen LogP) is 6.19. The summed E-state index contributed by atoms with van der Waals surface area (Å²) >= 11 is 0. The summed E-state index contributed by atoms with van der Waals surface area (Å²) in [5.74, 6) is 1.08. The van der Waals surface area contributed by atoms with Crippen molar-refractivity contribution in [1.82, 2.24) is 10.4 Å². The van der Waals surface area contributed by atoms with Gasteiger partial charge < -0.3 is 25.0 Å². The van der Waals surface area contributed by atoms with Crippen LogP contribution in [0.2, 0.25) is 0 Å². The molecule has 5 aliphatic rings. The number of carbonyl (C=O) groups is 2. The van der Waals surface area contributed by atoms with Crippen LogP contribution in [-0.4, -0.2) is 76.9 Å². The van der Waals surface area contributed by atoms with Crippen LogP contribution in [0, 0.1) is 29.1 Å². The van der Waals surface area contributed by atoms with Crippen molar-refractivity contribution in [3.63, 3.8) is 0 Å². The molecule has 54 heavy (non-hydrogen) atoms. The van der Waals surface area contributed by atoms with Crippen LogP contribution in [0.1, 0.15) is 81.4 Å². The summed E-state index contributed by atoms with van der Waals surface area (Å²) < 4.78 is 12.4. The topological polar surface area (TPSA) is 130 Å². The van der Waals surface area contributed by atoms with E-state index in [4.69, 9.17) is 19.3 Å². The summed E-state index contributed by atoms with van der Waals surface area (Å²) in [6.07, 6.45) is 1.58. The van der Waals surface area contributed by atoms with E-state index in [2.05, 4.69) is 32.2 Å². The maximum absolute atomic E-state index is 14.2. The van der Waals surface area contributed by atoms with Gasteiger partial charge in [0.2, 0.25) is 0 Å². The highest BCUT2D eigenvalue weighted by molar-refractivity contribution is 6.00. The predicted molar refractivity (Wildman–Crippen MR) is 207 cm³/mol. The Kier molecular flexibility index (Phi) is 10.5. The van der Waals surface area contributed by atoms with Crippen LogP contribution in [0.3, 0.4) is 0 Å². The number of hydrogen-bond donors (Lipinski definition) is 3. The molecule has 0 aromatic heterocycles. The Labute approximate surface area is 318 Å². The highest BCUT2D eigenvalue weighted by Gasteiger charge is 2.56. The Morgan fingerprint density at radius 2 is 1.85 bits per heavy atom. The Morgan fingerprint density at radius 1 is 1.09 bits per heavy atom. The van der Waals surface area contributed by atoms with Crippen LogP contribution >= 0.6 is 0 Å². The number of aliphatic imine (C=N–C) groups is 1. The molecule has 0 radical (unpaired) electrons.